The molecule has 0 saturated heterocycles. The molecule has 4 aromatic heterocycles. The van der Waals surface area contributed by atoms with Gasteiger partial charge in [-0.25, -0.2) is 23.9 Å². The number of fused-ring (bicyclic) bond motifs is 2. The van der Waals surface area contributed by atoms with Gasteiger partial charge in [-0.15, -0.1) is 0 Å². The van der Waals surface area contributed by atoms with E-state index in [0.29, 0.717) is 29.9 Å². The van der Waals surface area contributed by atoms with Crippen molar-refractivity contribution >= 4 is 11.5 Å². The molecule has 5 heterocycles. The van der Waals surface area contributed by atoms with Crippen LogP contribution in [0.5, 0.6) is 0 Å². The van der Waals surface area contributed by atoms with Gasteiger partial charge >= 0.3 is 6.18 Å². The lowest BCUT2D eigenvalue weighted by Crippen LogP contribution is -2.37. The third-order valence-corrected chi connectivity index (χ3v) is 4.90. The number of aromatic amines is 1. The van der Waals surface area contributed by atoms with Crippen molar-refractivity contribution in [1.82, 2.24) is 29.5 Å². The molecule has 0 bridgehead atoms. The van der Waals surface area contributed by atoms with Crippen LogP contribution in [-0.2, 0) is 12.6 Å². The van der Waals surface area contributed by atoms with Gasteiger partial charge in [-0.1, -0.05) is 0 Å². The minimum Gasteiger partial charge on any atom is -0.348 e. The third kappa shape index (κ3) is 2.89. The summed E-state index contributed by atoms with van der Waals surface area (Å²) in [6, 6.07) is 3.90. The molecular weight excluding hydrogens is 390 g/mol. The Balaban J connectivity index is 1.61. The number of pyridine rings is 1. The minimum atomic E-state index is -4.52. The van der Waals surface area contributed by atoms with Crippen molar-refractivity contribution in [2.75, 3.05) is 11.4 Å². The molecule has 1 aliphatic heterocycles. The summed E-state index contributed by atoms with van der Waals surface area (Å²) < 4.78 is 54.1. The Kier molecular flexibility index (Phi) is 3.80. The normalized spacial score (nSPS) is 17.0. The maximum Gasteiger partial charge on any atom is 0.419 e. The highest BCUT2D eigenvalue weighted by Crippen LogP contribution is 2.36. The standard InChI is InChI=1S/C18H13F4N7/c19-11-2-1-4-29-14(11)6-13(27-29)16-15-12(25-9-26-15)3-5-28(16)17-23-7-10(8-24-17)18(20,21)22/h1-2,4,6-9,16H,3,5H2,(H,25,26)/t16-/m0/s1. The molecule has 1 atom stereocenters. The van der Waals surface area contributed by atoms with Crippen molar-refractivity contribution in [2.45, 2.75) is 18.6 Å². The molecule has 29 heavy (non-hydrogen) atoms. The zero-order valence-electron chi connectivity index (χ0n) is 14.7. The Labute approximate surface area is 161 Å². The van der Waals surface area contributed by atoms with Gasteiger partial charge in [0.05, 0.1) is 23.3 Å². The van der Waals surface area contributed by atoms with E-state index in [1.165, 1.54) is 16.6 Å². The summed E-state index contributed by atoms with van der Waals surface area (Å²) >= 11 is 0. The zero-order valence-corrected chi connectivity index (χ0v) is 14.7. The summed E-state index contributed by atoms with van der Waals surface area (Å²) in [5, 5.41) is 4.45. The fourth-order valence-corrected chi connectivity index (χ4v) is 3.54. The van der Waals surface area contributed by atoms with Gasteiger partial charge in [0.15, 0.2) is 0 Å². The molecule has 0 saturated carbocycles. The first-order valence-corrected chi connectivity index (χ1v) is 8.73. The Bertz CT molecular complexity index is 1180. The van der Waals surface area contributed by atoms with Gasteiger partial charge in [-0.2, -0.15) is 18.3 Å². The maximum atomic E-state index is 14.2. The monoisotopic (exact) mass is 403 g/mol. The molecule has 0 radical (unpaired) electrons. The second-order valence-electron chi connectivity index (χ2n) is 6.64. The first kappa shape index (κ1) is 17.6. The van der Waals surface area contributed by atoms with Crippen LogP contribution >= 0.6 is 0 Å². The van der Waals surface area contributed by atoms with Gasteiger partial charge in [-0.05, 0) is 18.2 Å². The van der Waals surface area contributed by atoms with Crippen molar-refractivity contribution in [3.05, 3.63) is 71.6 Å². The van der Waals surface area contributed by atoms with Crippen LogP contribution in [0.2, 0.25) is 0 Å². The summed E-state index contributed by atoms with van der Waals surface area (Å²) in [5.74, 6) is -0.309. The average Bonchev–Trinajstić information content (AvgIpc) is 3.34. The van der Waals surface area contributed by atoms with Crippen LogP contribution in [0.25, 0.3) is 5.52 Å². The van der Waals surface area contributed by atoms with E-state index in [1.54, 1.807) is 23.5 Å². The molecule has 11 heteroatoms. The minimum absolute atomic E-state index is 0.120. The number of nitrogens with one attached hydrogen (secondary N) is 1. The Hall–Kier alpha value is -3.50. The highest BCUT2D eigenvalue weighted by Gasteiger charge is 2.36. The quantitative estimate of drug-likeness (QED) is 0.521. The summed E-state index contributed by atoms with van der Waals surface area (Å²) in [4.78, 5) is 17.0. The van der Waals surface area contributed by atoms with Crippen LogP contribution in [0.3, 0.4) is 0 Å². The largest absolute Gasteiger partial charge is 0.419 e. The van der Waals surface area contributed by atoms with Crippen molar-refractivity contribution in [3.8, 4) is 0 Å². The molecule has 148 valence electrons. The molecule has 7 nitrogen and oxygen atoms in total. The maximum absolute atomic E-state index is 14.2. The van der Waals surface area contributed by atoms with Crippen LogP contribution < -0.4 is 4.90 Å². The zero-order chi connectivity index (χ0) is 20.2. The lowest BCUT2D eigenvalue weighted by atomic mass is 10.00. The molecule has 4 aromatic rings. The van der Waals surface area contributed by atoms with Crippen molar-refractivity contribution < 1.29 is 17.6 Å². The number of nitrogens with zero attached hydrogens (tertiary/aromatic N) is 6. The molecule has 0 unspecified atom stereocenters. The fraction of sp³-hybridized carbons (Fsp3) is 0.222. The number of H-pyrrole nitrogens is 1. The van der Waals surface area contributed by atoms with E-state index in [-0.39, 0.29) is 5.95 Å². The second kappa shape index (κ2) is 6.26. The highest BCUT2D eigenvalue weighted by molar-refractivity contribution is 5.53. The number of hydrogen-bond donors (Lipinski definition) is 1. The van der Waals surface area contributed by atoms with Crippen LogP contribution in [0, 0.1) is 5.82 Å². The topological polar surface area (TPSA) is 75.0 Å². The van der Waals surface area contributed by atoms with Crippen molar-refractivity contribution in [2.24, 2.45) is 0 Å². The van der Waals surface area contributed by atoms with Crippen LogP contribution in [0.1, 0.15) is 28.7 Å². The summed E-state index contributed by atoms with van der Waals surface area (Å²) in [6.07, 6.45) is 0.734. The molecular formula is C18H13F4N7. The van der Waals surface area contributed by atoms with Gasteiger partial charge in [0, 0.05) is 37.3 Å². The number of imidazole rings is 1. The summed E-state index contributed by atoms with van der Waals surface area (Å²) in [7, 11) is 0. The lowest BCUT2D eigenvalue weighted by Gasteiger charge is -2.33. The molecule has 0 fully saturated rings. The van der Waals surface area contributed by atoms with E-state index < -0.39 is 23.6 Å². The highest BCUT2D eigenvalue weighted by atomic mass is 19.4. The predicted octanol–water partition coefficient (Wildman–Crippen LogP) is 3.16. The predicted molar refractivity (Wildman–Crippen MR) is 93.7 cm³/mol. The van der Waals surface area contributed by atoms with Gasteiger partial charge < -0.3 is 9.88 Å². The van der Waals surface area contributed by atoms with Crippen molar-refractivity contribution in [3.63, 3.8) is 0 Å². The molecule has 0 aromatic carbocycles. The van der Waals surface area contributed by atoms with Crippen LogP contribution in [0.15, 0.2) is 43.1 Å². The van der Waals surface area contributed by atoms with Gasteiger partial charge in [0.2, 0.25) is 5.95 Å². The molecule has 0 aliphatic carbocycles. The number of rotatable bonds is 2. The average molecular weight is 403 g/mol. The number of alkyl halides is 3. The Morgan fingerprint density at radius 2 is 1.93 bits per heavy atom. The Morgan fingerprint density at radius 3 is 2.66 bits per heavy atom. The van der Waals surface area contributed by atoms with Crippen LogP contribution in [-0.4, -0.2) is 36.1 Å². The molecule has 1 aliphatic rings. The summed E-state index contributed by atoms with van der Waals surface area (Å²) in [6.45, 7) is 0.432. The van der Waals surface area contributed by atoms with Crippen LogP contribution in [0.4, 0.5) is 23.5 Å². The number of halogens is 4. The third-order valence-electron chi connectivity index (χ3n) is 4.90. The lowest BCUT2D eigenvalue weighted by molar-refractivity contribution is -0.138. The Morgan fingerprint density at radius 1 is 1.14 bits per heavy atom. The van der Waals surface area contributed by atoms with E-state index in [0.717, 1.165) is 18.1 Å². The summed E-state index contributed by atoms with van der Waals surface area (Å²) in [5.41, 5.74) is 1.40. The molecule has 0 amide bonds. The van der Waals surface area contributed by atoms with E-state index in [9.17, 15) is 17.6 Å². The number of aromatic nitrogens is 6. The SMILES string of the molecule is Fc1cccn2nc([C@H]3c4nc[nH]c4CCN3c3ncc(C(F)(F)F)cn3)cc12. The van der Waals surface area contributed by atoms with Gasteiger partial charge in [0.25, 0.3) is 0 Å². The molecule has 0 spiro atoms. The first-order chi connectivity index (χ1) is 13.9. The van der Waals surface area contributed by atoms with E-state index >= 15 is 0 Å². The van der Waals surface area contributed by atoms with Crippen molar-refractivity contribution in [1.29, 1.82) is 0 Å². The van der Waals surface area contributed by atoms with Gasteiger partial charge in [-0.3, -0.25) is 0 Å². The number of anilines is 1. The van der Waals surface area contributed by atoms with E-state index in [2.05, 4.69) is 25.0 Å². The van der Waals surface area contributed by atoms with Gasteiger partial charge in [0.1, 0.15) is 17.4 Å². The second-order valence-corrected chi connectivity index (χ2v) is 6.64. The van der Waals surface area contributed by atoms with E-state index in [4.69, 9.17) is 0 Å². The first-order valence-electron chi connectivity index (χ1n) is 8.73. The number of hydrogen-bond acceptors (Lipinski definition) is 5. The van der Waals surface area contributed by atoms with E-state index in [1.807, 2.05) is 0 Å². The smallest absolute Gasteiger partial charge is 0.348 e. The fourth-order valence-electron chi connectivity index (χ4n) is 3.54. The molecule has 5 rings (SSSR count). The molecule has 1 N–H and O–H groups in total.